The standard InChI is InChI=1S/C15H14N4O2S/c1-2-11-4-3-5-12(8-11)21-10-14-13(9-20)17-18-19(14)15-16-6-7-22-15/h3-9H,2,10H2,1H3. The molecular weight excluding hydrogens is 300 g/mol. The fourth-order valence-corrected chi connectivity index (χ4v) is 2.63. The Balaban J connectivity index is 1.85. The molecule has 0 atom stereocenters. The minimum atomic E-state index is 0.202. The molecule has 0 aliphatic rings. The van der Waals surface area contributed by atoms with Crippen LogP contribution in [0.1, 0.15) is 28.7 Å². The van der Waals surface area contributed by atoms with Crippen LogP contribution in [-0.4, -0.2) is 26.3 Å². The van der Waals surface area contributed by atoms with Crippen LogP contribution in [-0.2, 0) is 13.0 Å². The van der Waals surface area contributed by atoms with Gasteiger partial charge in [-0.3, -0.25) is 4.79 Å². The number of rotatable bonds is 6. The van der Waals surface area contributed by atoms with Gasteiger partial charge in [-0.05, 0) is 24.1 Å². The van der Waals surface area contributed by atoms with Crippen LogP contribution in [0.4, 0.5) is 0 Å². The molecule has 112 valence electrons. The third-order valence-electron chi connectivity index (χ3n) is 3.19. The number of carbonyl (C=O) groups excluding carboxylic acids is 1. The predicted molar refractivity (Wildman–Crippen MR) is 82.6 cm³/mol. The van der Waals surface area contributed by atoms with Gasteiger partial charge in [0.25, 0.3) is 0 Å². The molecule has 7 heteroatoms. The Morgan fingerprint density at radius 3 is 3.05 bits per heavy atom. The number of hydrogen-bond acceptors (Lipinski definition) is 6. The number of aromatic nitrogens is 4. The van der Waals surface area contributed by atoms with Gasteiger partial charge in [0.1, 0.15) is 18.1 Å². The summed E-state index contributed by atoms with van der Waals surface area (Å²) >= 11 is 1.42. The van der Waals surface area contributed by atoms with E-state index in [0.717, 1.165) is 12.2 Å². The van der Waals surface area contributed by atoms with Crippen LogP contribution in [0.2, 0.25) is 0 Å². The number of ether oxygens (including phenoxy) is 1. The second kappa shape index (κ2) is 6.48. The van der Waals surface area contributed by atoms with Crippen molar-refractivity contribution in [1.29, 1.82) is 0 Å². The van der Waals surface area contributed by atoms with Crippen molar-refractivity contribution in [3.05, 3.63) is 52.8 Å². The van der Waals surface area contributed by atoms with E-state index in [2.05, 4.69) is 22.2 Å². The van der Waals surface area contributed by atoms with Gasteiger partial charge in [0, 0.05) is 11.6 Å². The lowest BCUT2D eigenvalue weighted by atomic mass is 10.2. The maximum atomic E-state index is 11.1. The van der Waals surface area contributed by atoms with E-state index >= 15 is 0 Å². The fraction of sp³-hybridized carbons (Fsp3) is 0.200. The highest BCUT2D eigenvalue weighted by Gasteiger charge is 2.16. The van der Waals surface area contributed by atoms with E-state index in [-0.39, 0.29) is 12.3 Å². The van der Waals surface area contributed by atoms with Gasteiger partial charge in [-0.15, -0.1) is 16.4 Å². The molecule has 0 saturated carbocycles. The second-order valence-electron chi connectivity index (χ2n) is 4.56. The monoisotopic (exact) mass is 314 g/mol. The first-order valence-electron chi connectivity index (χ1n) is 6.83. The second-order valence-corrected chi connectivity index (χ2v) is 5.43. The minimum absolute atomic E-state index is 0.202. The smallest absolute Gasteiger partial charge is 0.212 e. The maximum Gasteiger partial charge on any atom is 0.212 e. The molecule has 0 aliphatic carbocycles. The summed E-state index contributed by atoms with van der Waals surface area (Å²) in [6.45, 7) is 2.29. The summed E-state index contributed by atoms with van der Waals surface area (Å²) in [5.74, 6) is 0.753. The summed E-state index contributed by atoms with van der Waals surface area (Å²) in [6, 6.07) is 7.87. The molecule has 3 aromatic rings. The lowest BCUT2D eigenvalue weighted by molar-refractivity contribution is 0.111. The number of benzene rings is 1. The molecule has 0 spiro atoms. The molecule has 1 aromatic carbocycles. The van der Waals surface area contributed by atoms with Crippen molar-refractivity contribution in [2.75, 3.05) is 0 Å². The van der Waals surface area contributed by atoms with Crippen LogP contribution >= 0.6 is 11.3 Å². The van der Waals surface area contributed by atoms with Crippen LogP contribution in [0.15, 0.2) is 35.8 Å². The summed E-state index contributed by atoms with van der Waals surface area (Å²) in [5, 5.41) is 10.3. The van der Waals surface area contributed by atoms with Crippen molar-refractivity contribution in [2.24, 2.45) is 0 Å². The Morgan fingerprint density at radius 1 is 1.41 bits per heavy atom. The van der Waals surface area contributed by atoms with E-state index in [4.69, 9.17) is 4.74 Å². The molecule has 0 aliphatic heterocycles. The van der Waals surface area contributed by atoms with Crippen LogP contribution in [0.5, 0.6) is 5.75 Å². The third kappa shape index (κ3) is 2.89. The molecule has 0 amide bonds. The normalized spacial score (nSPS) is 10.6. The molecule has 0 unspecified atom stereocenters. The van der Waals surface area contributed by atoms with Gasteiger partial charge in [0.2, 0.25) is 5.13 Å². The molecular formula is C15H14N4O2S. The van der Waals surface area contributed by atoms with Crippen molar-refractivity contribution in [3.8, 4) is 10.9 Å². The molecule has 0 radical (unpaired) electrons. The topological polar surface area (TPSA) is 69.9 Å². The number of hydrogen-bond donors (Lipinski definition) is 0. The first-order chi connectivity index (χ1) is 10.8. The zero-order chi connectivity index (χ0) is 15.4. The van der Waals surface area contributed by atoms with Gasteiger partial charge in [-0.25, -0.2) is 4.98 Å². The lowest BCUT2D eigenvalue weighted by Crippen LogP contribution is -2.07. The summed E-state index contributed by atoms with van der Waals surface area (Å²) < 4.78 is 7.33. The Hall–Kier alpha value is -2.54. The summed E-state index contributed by atoms with van der Waals surface area (Å²) in [4.78, 5) is 15.3. The maximum absolute atomic E-state index is 11.1. The van der Waals surface area contributed by atoms with Crippen molar-refractivity contribution < 1.29 is 9.53 Å². The number of aldehydes is 1. The number of aryl methyl sites for hydroxylation is 1. The van der Waals surface area contributed by atoms with E-state index in [1.54, 1.807) is 6.20 Å². The molecule has 6 nitrogen and oxygen atoms in total. The van der Waals surface area contributed by atoms with E-state index in [1.165, 1.54) is 21.6 Å². The van der Waals surface area contributed by atoms with Crippen molar-refractivity contribution >= 4 is 17.6 Å². The zero-order valence-corrected chi connectivity index (χ0v) is 12.8. The van der Waals surface area contributed by atoms with Gasteiger partial charge < -0.3 is 4.74 Å². The molecule has 0 bridgehead atoms. The first-order valence-corrected chi connectivity index (χ1v) is 7.71. The van der Waals surface area contributed by atoms with Gasteiger partial charge >= 0.3 is 0 Å². The summed E-state index contributed by atoms with van der Waals surface area (Å²) in [7, 11) is 0. The van der Waals surface area contributed by atoms with Crippen LogP contribution in [0.3, 0.4) is 0 Å². The van der Waals surface area contributed by atoms with Crippen LogP contribution in [0, 0.1) is 0 Å². The number of carbonyl (C=O) groups is 1. The average Bonchev–Trinajstić information content (AvgIpc) is 3.21. The van der Waals surface area contributed by atoms with Crippen LogP contribution < -0.4 is 4.74 Å². The first kappa shape index (κ1) is 14.4. The summed E-state index contributed by atoms with van der Waals surface area (Å²) in [6.07, 6.45) is 3.30. The predicted octanol–water partition coefficient (Wildman–Crippen LogP) is 2.68. The minimum Gasteiger partial charge on any atom is -0.487 e. The molecule has 22 heavy (non-hydrogen) atoms. The largest absolute Gasteiger partial charge is 0.487 e. The van der Waals surface area contributed by atoms with Crippen molar-refractivity contribution in [2.45, 2.75) is 20.0 Å². The van der Waals surface area contributed by atoms with Gasteiger partial charge in [-0.1, -0.05) is 24.3 Å². The third-order valence-corrected chi connectivity index (χ3v) is 3.93. The Labute approximate surface area is 131 Å². The molecule has 0 saturated heterocycles. The SMILES string of the molecule is CCc1cccc(OCc2c(C=O)nnn2-c2nccs2)c1. The Bertz CT molecular complexity index is 768. The highest BCUT2D eigenvalue weighted by molar-refractivity contribution is 7.12. The average molecular weight is 314 g/mol. The Morgan fingerprint density at radius 2 is 2.32 bits per heavy atom. The van der Waals surface area contributed by atoms with Crippen LogP contribution in [0.25, 0.3) is 5.13 Å². The molecule has 3 rings (SSSR count). The zero-order valence-electron chi connectivity index (χ0n) is 12.0. The van der Waals surface area contributed by atoms with E-state index in [9.17, 15) is 4.79 Å². The molecule has 2 heterocycles. The number of thiazole rings is 1. The molecule has 2 aromatic heterocycles. The van der Waals surface area contributed by atoms with E-state index in [1.807, 2.05) is 29.6 Å². The quantitative estimate of drug-likeness (QED) is 0.654. The summed E-state index contributed by atoms with van der Waals surface area (Å²) in [5.41, 5.74) is 2.05. The van der Waals surface area contributed by atoms with Gasteiger partial charge in [0.15, 0.2) is 12.0 Å². The van der Waals surface area contributed by atoms with Crippen molar-refractivity contribution in [1.82, 2.24) is 20.0 Å². The number of nitrogens with zero attached hydrogens (tertiary/aromatic N) is 4. The van der Waals surface area contributed by atoms with Gasteiger partial charge in [-0.2, -0.15) is 4.68 Å². The fourth-order valence-electron chi connectivity index (χ4n) is 2.02. The van der Waals surface area contributed by atoms with E-state index in [0.29, 0.717) is 17.1 Å². The lowest BCUT2D eigenvalue weighted by Gasteiger charge is -2.08. The molecule has 0 N–H and O–H groups in total. The van der Waals surface area contributed by atoms with Gasteiger partial charge in [0.05, 0.1) is 0 Å². The highest BCUT2D eigenvalue weighted by Crippen LogP contribution is 2.19. The highest BCUT2D eigenvalue weighted by atomic mass is 32.1. The van der Waals surface area contributed by atoms with Crippen molar-refractivity contribution in [3.63, 3.8) is 0 Å². The molecule has 0 fully saturated rings. The Kier molecular flexibility index (Phi) is 4.24. The van der Waals surface area contributed by atoms with E-state index < -0.39 is 0 Å².